The predicted octanol–water partition coefficient (Wildman–Crippen LogP) is 4.98. The molecule has 8 heteroatoms. The number of aryl methyl sites for hydroxylation is 1. The number of amides is 1. The van der Waals surface area contributed by atoms with Crippen molar-refractivity contribution in [3.63, 3.8) is 0 Å². The lowest BCUT2D eigenvalue weighted by Crippen LogP contribution is -2.38. The number of aliphatic imine (C=N–C) groups is 1. The fourth-order valence-corrected chi connectivity index (χ4v) is 5.07. The van der Waals surface area contributed by atoms with Crippen molar-refractivity contribution in [3.05, 3.63) is 93.4 Å². The van der Waals surface area contributed by atoms with E-state index in [4.69, 9.17) is 9.73 Å². The van der Waals surface area contributed by atoms with Crippen molar-refractivity contribution < 1.29 is 18.7 Å². The number of esters is 1. The average molecular weight is 480 g/mol. The Kier molecular flexibility index (Phi) is 7.17. The van der Waals surface area contributed by atoms with Crippen molar-refractivity contribution in [2.45, 2.75) is 39.3 Å². The zero-order valence-electron chi connectivity index (χ0n) is 19.3. The monoisotopic (exact) mass is 479 g/mol. The summed E-state index contributed by atoms with van der Waals surface area (Å²) in [6, 6.07) is 13.8. The smallest absolute Gasteiger partial charge is 0.338 e. The van der Waals surface area contributed by atoms with Crippen LogP contribution < -0.4 is 5.32 Å². The second-order valence-corrected chi connectivity index (χ2v) is 8.90. The highest BCUT2D eigenvalue weighted by atomic mass is 32.2. The quantitative estimate of drug-likeness (QED) is 0.568. The van der Waals surface area contributed by atoms with E-state index in [1.54, 1.807) is 18.2 Å². The van der Waals surface area contributed by atoms with E-state index in [1.807, 2.05) is 48.4 Å². The van der Waals surface area contributed by atoms with Gasteiger partial charge >= 0.3 is 5.97 Å². The second-order valence-electron chi connectivity index (χ2n) is 8.06. The molecule has 1 amide bonds. The van der Waals surface area contributed by atoms with E-state index in [1.165, 1.54) is 24.9 Å². The van der Waals surface area contributed by atoms with Gasteiger partial charge in [-0.25, -0.2) is 14.2 Å². The minimum Gasteiger partial charge on any atom is -0.466 e. The molecule has 176 valence electrons. The number of carbonyl (C=O) groups excluding carboxylic acids is 2. The third kappa shape index (κ3) is 4.77. The number of hydrogen-bond acceptors (Lipinski definition) is 6. The van der Waals surface area contributed by atoms with Crippen LogP contribution in [0.25, 0.3) is 0 Å². The van der Waals surface area contributed by atoms with Crippen molar-refractivity contribution in [3.8, 4) is 0 Å². The molecule has 0 radical (unpaired) electrons. The maximum Gasteiger partial charge on any atom is 0.338 e. The zero-order chi connectivity index (χ0) is 24.2. The fraction of sp³-hybridized carbons (Fsp3) is 0.269. The number of rotatable bonds is 7. The molecule has 6 nitrogen and oxygen atoms in total. The second kappa shape index (κ2) is 10.3. The predicted molar refractivity (Wildman–Crippen MR) is 131 cm³/mol. The SMILES string of the molecule is CCC1=C(C(=O)OC)[C@H](c2cccc(C)c2)N2C(CC(=O)NCc3ccccc3F)=CSC2=N1. The van der Waals surface area contributed by atoms with Crippen LogP contribution in [0.2, 0.25) is 0 Å². The summed E-state index contributed by atoms with van der Waals surface area (Å²) < 4.78 is 19.1. The van der Waals surface area contributed by atoms with Crippen LogP contribution in [-0.2, 0) is 20.9 Å². The molecule has 2 aromatic carbocycles. The van der Waals surface area contributed by atoms with Gasteiger partial charge in [0, 0.05) is 17.8 Å². The van der Waals surface area contributed by atoms with Gasteiger partial charge in [0.05, 0.1) is 30.8 Å². The highest BCUT2D eigenvalue weighted by molar-refractivity contribution is 8.16. The summed E-state index contributed by atoms with van der Waals surface area (Å²) in [4.78, 5) is 32.4. The molecule has 2 heterocycles. The molecule has 0 saturated carbocycles. The number of nitrogens with one attached hydrogen (secondary N) is 1. The lowest BCUT2D eigenvalue weighted by atomic mass is 9.92. The summed E-state index contributed by atoms with van der Waals surface area (Å²) >= 11 is 1.42. The number of allylic oxidation sites excluding steroid dienone is 1. The van der Waals surface area contributed by atoms with E-state index < -0.39 is 12.0 Å². The van der Waals surface area contributed by atoms with Crippen LogP contribution in [0.5, 0.6) is 0 Å². The zero-order valence-corrected chi connectivity index (χ0v) is 20.1. The molecule has 0 unspecified atom stereocenters. The van der Waals surface area contributed by atoms with Crippen LogP contribution in [0, 0.1) is 12.7 Å². The van der Waals surface area contributed by atoms with Crippen molar-refractivity contribution in [1.29, 1.82) is 0 Å². The summed E-state index contributed by atoms with van der Waals surface area (Å²) in [7, 11) is 1.36. The van der Waals surface area contributed by atoms with Gasteiger partial charge in [0.2, 0.25) is 5.91 Å². The molecule has 4 rings (SSSR count). The first-order chi connectivity index (χ1) is 16.4. The maximum absolute atomic E-state index is 13.9. The van der Waals surface area contributed by atoms with Gasteiger partial charge < -0.3 is 15.0 Å². The third-order valence-electron chi connectivity index (χ3n) is 5.76. The number of thioether (sulfide) groups is 1. The summed E-state index contributed by atoms with van der Waals surface area (Å²) in [6.45, 7) is 4.05. The van der Waals surface area contributed by atoms with Crippen molar-refractivity contribution in [2.75, 3.05) is 7.11 Å². The Morgan fingerprint density at radius 1 is 1.21 bits per heavy atom. The van der Waals surface area contributed by atoms with E-state index in [0.717, 1.165) is 16.8 Å². The van der Waals surface area contributed by atoms with Crippen LogP contribution in [-0.4, -0.2) is 29.1 Å². The van der Waals surface area contributed by atoms with Crippen molar-refractivity contribution >= 4 is 28.8 Å². The first-order valence-electron chi connectivity index (χ1n) is 11.0. The standard InChI is InChI=1S/C26H26FN3O3S/c1-4-21-23(25(32)33-3)24(17-10-7-8-16(2)12-17)30-19(15-34-26(30)29-21)13-22(31)28-14-18-9-5-6-11-20(18)27/h5-12,15,24H,4,13-14H2,1-3H3,(H,28,31)/t24-/m0/s1. The van der Waals surface area contributed by atoms with Crippen molar-refractivity contribution in [1.82, 2.24) is 10.2 Å². The van der Waals surface area contributed by atoms with Gasteiger partial charge in [-0.15, -0.1) is 0 Å². The number of nitrogens with zero attached hydrogens (tertiary/aromatic N) is 2. The molecule has 0 spiro atoms. The number of hydrogen-bond donors (Lipinski definition) is 1. The topological polar surface area (TPSA) is 71.0 Å². The molecule has 2 aliphatic rings. The van der Waals surface area contributed by atoms with Gasteiger partial charge in [-0.3, -0.25) is 4.79 Å². The van der Waals surface area contributed by atoms with Crippen molar-refractivity contribution in [2.24, 2.45) is 4.99 Å². The Morgan fingerprint density at radius 3 is 2.71 bits per heavy atom. The summed E-state index contributed by atoms with van der Waals surface area (Å²) in [5.74, 6) is -1.04. The lowest BCUT2D eigenvalue weighted by Gasteiger charge is -2.36. The molecule has 2 aromatic rings. The molecule has 0 saturated heterocycles. The van der Waals surface area contributed by atoms with Crippen LogP contribution in [0.3, 0.4) is 0 Å². The molecule has 1 N–H and O–H groups in total. The molecule has 0 fully saturated rings. The van der Waals surface area contributed by atoms with Gasteiger partial charge in [-0.1, -0.05) is 66.7 Å². The fourth-order valence-electron chi connectivity index (χ4n) is 4.13. The van der Waals surface area contributed by atoms with Gasteiger partial charge in [-0.05, 0) is 30.4 Å². The highest BCUT2D eigenvalue weighted by Gasteiger charge is 2.41. The van der Waals surface area contributed by atoms with Crippen LogP contribution in [0.15, 0.2) is 75.9 Å². The Labute approximate surface area is 202 Å². The molecular weight excluding hydrogens is 453 g/mol. The number of carbonyl (C=O) groups is 2. The summed E-state index contributed by atoms with van der Waals surface area (Å²) in [6.07, 6.45) is 0.641. The normalized spacial score (nSPS) is 17.2. The first-order valence-corrected chi connectivity index (χ1v) is 11.9. The van der Waals surface area contributed by atoms with E-state index >= 15 is 0 Å². The summed E-state index contributed by atoms with van der Waals surface area (Å²) in [5, 5.41) is 5.39. The molecule has 1 atom stereocenters. The molecule has 0 aromatic heterocycles. The molecule has 2 aliphatic heterocycles. The van der Waals surface area contributed by atoms with Gasteiger partial charge in [0.15, 0.2) is 5.17 Å². The Hall–Kier alpha value is -3.39. The van der Waals surface area contributed by atoms with E-state index in [9.17, 15) is 14.0 Å². The number of benzene rings is 2. The van der Waals surface area contributed by atoms with E-state index in [0.29, 0.717) is 28.4 Å². The largest absolute Gasteiger partial charge is 0.466 e. The molecule has 34 heavy (non-hydrogen) atoms. The molecular formula is C26H26FN3O3S. The highest BCUT2D eigenvalue weighted by Crippen LogP contribution is 2.45. The van der Waals surface area contributed by atoms with Gasteiger partial charge in [0.1, 0.15) is 5.82 Å². The Morgan fingerprint density at radius 2 is 2.00 bits per heavy atom. The minimum absolute atomic E-state index is 0.0682. The van der Waals surface area contributed by atoms with Gasteiger partial charge in [-0.2, -0.15) is 0 Å². The third-order valence-corrected chi connectivity index (χ3v) is 6.65. The minimum atomic E-state index is -0.463. The first kappa shape index (κ1) is 23.8. The maximum atomic E-state index is 13.9. The number of halogens is 1. The number of amidine groups is 1. The molecule has 0 aliphatic carbocycles. The van der Waals surface area contributed by atoms with Gasteiger partial charge in [0.25, 0.3) is 0 Å². The van der Waals surface area contributed by atoms with Crippen LogP contribution in [0.1, 0.15) is 42.5 Å². The Bertz CT molecular complexity index is 1220. The summed E-state index contributed by atoms with van der Waals surface area (Å²) in [5.41, 5.74) is 4.27. The average Bonchev–Trinajstić information content (AvgIpc) is 3.23. The Balaban J connectivity index is 1.63. The number of ether oxygens (including phenoxy) is 1. The number of fused-ring (bicyclic) bond motifs is 1. The van der Waals surface area contributed by atoms with Crippen LogP contribution >= 0.6 is 11.8 Å². The molecule has 0 bridgehead atoms. The van der Waals surface area contributed by atoms with E-state index in [-0.39, 0.29) is 24.7 Å². The van der Waals surface area contributed by atoms with Crippen LogP contribution in [0.4, 0.5) is 4.39 Å². The lowest BCUT2D eigenvalue weighted by molar-refractivity contribution is -0.136. The van der Waals surface area contributed by atoms with E-state index in [2.05, 4.69) is 5.32 Å². The number of methoxy groups -OCH3 is 1.